The number of nitrogens with zero attached hydrogens (tertiary/aromatic N) is 1. The van der Waals surface area contributed by atoms with Gasteiger partial charge in [0.25, 0.3) is 5.91 Å². The van der Waals surface area contributed by atoms with Gasteiger partial charge in [0.05, 0.1) is 17.6 Å². The van der Waals surface area contributed by atoms with Crippen LogP contribution < -0.4 is 16.8 Å². The number of fused-ring (bicyclic) bond motifs is 3. The zero-order valence-electron chi connectivity index (χ0n) is 23.1. The molecule has 5 rings (SSSR count). The molecular weight excluding hydrogens is 511 g/mol. The van der Waals surface area contributed by atoms with Gasteiger partial charge in [-0.1, -0.05) is 19.9 Å². The maximum Gasteiger partial charge on any atom is 0.319 e. The summed E-state index contributed by atoms with van der Waals surface area (Å²) in [6, 6.07) is 10.1. The van der Waals surface area contributed by atoms with Crippen LogP contribution in [0.25, 0.3) is 22.0 Å². The van der Waals surface area contributed by atoms with Crippen LogP contribution in [-0.4, -0.2) is 41.0 Å². The first-order valence-electron chi connectivity index (χ1n) is 14.1. The molecule has 40 heavy (non-hydrogen) atoms. The van der Waals surface area contributed by atoms with Gasteiger partial charge < -0.3 is 21.5 Å². The van der Waals surface area contributed by atoms with Crippen molar-refractivity contribution >= 4 is 34.4 Å². The third-order valence-corrected chi connectivity index (χ3v) is 8.92. The second kappa shape index (κ2) is 11.0. The molecule has 0 saturated heterocycles. The van der Waals surface area contributed by atoms with Crippen LogP contribution in [0.4, 0.5) is 10.1 Å². The van der Waals surface area contributed by atoms with Crippen molar-refractivity contribution in [2.24, 2.45) is 16.9 Å². The average Bonchev–Trinajstić information content (AvgIpc) is 3.27. The zero-order valence-corrected chi connectivity index (χ0v) is 23.1. The highest BCUT2D eigenvalue weighted by Gasteiger charge is 2.39. The molecule has 1 amide bonds. The highest BCUT2D eigenvalue weighted by molar-refractivity contribution is 6.06. The molecule has 5 N–H and O–H groups in total. The van der Waals surface area contributed by atoms with Gasteiger partial charge in [0, 0.05) is 34.8 Å². The largest absolute Gasteiger partial charge is 0.461 e. The van der Waals surface area contributed by atoms with E-state index >= 15 is 0 Å². The number of amides is 1. The number of aromatic nitrogens is 1. The number of anilines is 1. The summed E-state index contributed by atoms with van der Waals surface area (Å²) in [5, 5.41) is 4.30. The number of nitrogens with one attached hydrogen (secondary N) is 1. The van der Waals surface area contributed by atoms with Crippen LogP contribution in [0.1, 0.15) is 79.6 Å². The lowest BCUT2D eigenvalue weighted by Crippen LogP contribution is -2.35. The molecule has 1 fully saturated rings. The number of carbonyl (C=O) groups excluding carboxylic acids is 3. The highest BCUT2D eigenvalue weighted by atomic mass is 19.1. The summed E-state index contributed by atoms with van der Waals surface area (Å²) in [5.74, 6) is -1.37. The maximum atomic E-state index is 14.4. The number of nitrogens with two attached hydrogens (primary N) is 2. The summed E-state index contributed by atoms with van der Waals surface area (Å²) in [6.07, 6.45) is 5.56. The standard InChI is InChI=1S/C31H37FN4O4/c1-3-31(4-2)15-26-29(23-12-6-19(32)14-25(23)36(26)27(37)16-31)18-5-11-22(30(34)39)24(13-18)35-20-7-9-21(10-8-20)40-28(38)17-33/h5-6,11-14,20-21,35H,3-4,7-10,15-17,33H2,1-2H3,(H2,34,39)/t20-,21-. The second-order valence-corrected chi connectivity index (χ2v) is 11.2. The van der Waals surface area contributed by atoms with Crippen LogP contribution >= 0.6 is 0 Å². The fourth-order valence-electron chi connectivity index (χ4n) is 6.47. The lowest BCUT2D eigenvalue weighted by molar-refractivity contribution is -0.148. The zero-order chi connectivity index (χ0) is 28.6. The van der Waals surface area contributed by atoms with Crippen molar-refractivity contribution in [2.75, 3.05) is 11.9 Å². The van der Waals surface area contributed by atoms with Crippen LogP contribution in [0.2, 0.25) is 0 Å². The van der Waals surface area contributed by atoms with Gasteiger partial charge in [-0.25, -0.2) is 4.39 Å². The van der Waals surface area contributed by atoms with E-state index < -0.39 is 17.7 Å². The minimum Gasteiger partial charge on any atom is -0.461 e. The van der Waals surface area contributed by atoms with Crippen LogP contribution in [0.15, 0.2) is 36.4 Å². The highest BCUT2D eigenvalue weighted by Crippen LogP contribution is 2.46. The van der Waals surface area contributed by atoms with E-state index in [2.05, 4.69) is 19.2 Å². The molecule has 212 valence electrons. The Hall–Kier alpha value is -3.72. The van der Waals surface area contributed by atoms with Crippen LogP contribution in [0.5, 0.6) is 0 Å². The van der Waals surface area contributed by atoms with Gasteiger partial charge in [0.1, 0.15) is 11.9 Å². The number of rotatable bonds is 8. The molecule has 1 saturated carbocycles. The number of ether oxygens (including phenoxy) is 1. The fraction of sp³-hybridized carbons (Fsp3) is 0.452. The van der Waals surface area contributed by atoms with Gasteiger partial charge in [-0.3, -0.25) is 19.0 Å². The third kappa shape index (κ3) is 5.10. The van der Waals surface area contributed by atoms with E-state index in [4.69, 9.17) is 16.2 Å². The molecule has 2 heterocycles. The first kappa shape index (κ1) is 27.8. The topological polar surface area (TPSA) is 129 Å². The second-order valence-electron chi connectivity index (χ2n) is 11.2. The van der Waals surface area contributed by atoms with Crippen molar-refractivity contribution in [1.29, 1.82) is 0 Å². The minimum atomic E-state index is -0.545. The minimum absolute atomic E-state index is 0.0222. The predicted octanol–water partition coefficient (Wildman–Crippen LogP) is 5.16. The van der Waals surface area contributed by atoms with Crippen molar-refractivity contribution in [1.82, 2.24) is 4.57 Å². The Morgan fingerprint density at radius 1 is 1.07 bits per heavy atom. The molecule has 9 heteroatoms. The number of benzene rings is 2. The van der Waals surface area contributed by atoms with Crippen molar-refractivity contribution < 1.29 is 23.5 Å². The van der Waals surface area contributed by atoms with E-state index in [1.54, 1.807) is 16.7 Å². The molecule has 1 aliphatic carbocycles. The molecule has 0 unspecified atom stereocenters. The molecule has 0 spiro atoms. The van der Waals surface area contributed by atoms with Gasteiger partial charge in [0.2, 0.25) is 5.91 Å². The van der Waals surface area contributed by atoms with E-state index in [-0.39, 0.29) is 30.0 Å². The summed E-state index contributed by atoms with van der Waals surface area (Å²) in [4.78, 5) is 37.5. The summed E-state index contributed by atoms with van der Waals surface area (Å²) < 4.78 is 21.5. The Morgan fingerprint density at radius 3 is 2.45 bits per heavy atom. The Balaban J connectivity index is 1.55. The molecule has 1 aromatic heterocycles. The van der Waals surface area contributed by atoms with Gasteiger partial charge in [-0.15, -0.1) is 0 Å². The summed E-state index contributed by atoms with van der Waals surface area (Å²) in [5.41, 5.74) is 15.1. The third-order valence-electron chi connectivity index (χ3n) is 8.92. The fourth-order valence-corrected chi connectivity index (χ4v) is 6.47. The molecule has 8 nitrogen and oxygen atoms in total. The molecule has 2 aromatic carbocycles. The Morgan fingerprint density at radius 2 is 1.80 bits per heavy atom. The molecule has 3 aromatic rings. The smallest absolute Gasteiger partial charge is 0.319 e. The molecule has 1 aliphatic heterocycles. The monoisotopic (exact) mass is 548 g/mol. The van der Waals surface area contributed by atoms with Gasteiger partial charge in [0.15, 0.2) is 0 Å². The first-order valence-corrected chi connectivity index (χ1v) is 14.1. The Kier molecular flexibility index (Phi) is 7.68. The van der Waals surface area contributed by atoms with Gasteiger partial charge in [-0.05, 0) is 86.3 Å². The Bertz CT molecular complexity index is 1470. The first-order chi connectivity index (χ1) is 19.2. The van der Waals surface area contributed by atoms with E-state index in [9.17, 15) is 18.8 Å². The molecule has 0 bridgehead atoms. The molecule has 0 atom stereocenters. The van der Waals surface area contributed by atoms with Crippen molar-refractivity contribution in [3.8, 4) is 11.1 Å². The SMILES string of the molecule is CCC1(CC)CC(=O)n2c(c(-c3ccc(C(N)=O)c(N[C@H]4CC[C@H](OC(=O)CN)CC4)c3)c3ccc(F)cc32)C1. The summed E-state index contributed by atoms with van der Waals surface area (Å²) in [6.45, 7) is 4.09. The lowest BCUT2D eigenvalue weighted by atomic mass is 9.72. The van der Waals surface area contributed by atoms with Crippen LogP contribution in [0, 0.1) is 11.2 Å². The number of carbonyl (C=O) groups is 3. The van der Waals surface area contributed by atoms with Crippen LogP contribution in [-0.2, 0) is 16.0 Å². The summed E-state index contributed by atoms with van der Waals surface area (Å²) in [7, 11) is 0. The number of esters is 1. The average molecular weight is 549 g/mol. The summed E-state index contributed by atoms with van der Waals surface area (Å²) >= 11 is 0. The number of hydrogen-bond acceptors (Lipinski definition) is 6. The number of primary amides is 1. The number of hydrogen-bond donors (Lipinski definition) is 3. The van der Waals surface area contributed by atoms with Gasteiger partial charge >= 0.3 is 5.97 Å². The van der Waals surface area contributed by atoms with E-state index in [0.29, 0.717) is 42.5 Å². The maximum absolute atomic E-state index is 14.4. The molecular formula is C31H37FN4O4. The van der Waals surface area contributed by atoms with Crippen LogP contribution in [0.3, 0.4) is 0 Å². The Labute approximate surface area is 233 Å². The van der Waals surface area contributed by atoms with E-state index in [1.165, 1.54) is 12.1 Å². The number of halogens is 1. The lowest BCUT2D eigenvalue weighted by Gasteiger charge is -2.36. The normalized spacial score (nSPS) is 20.2. The van der Waals surface area contributed by atoms with E-state index in [1.807, 2.05) is 12.1 Å². The van der Waals surface area contributed by atoms with E-state index in [0.717, 1.165) is 47.9 Å². The van der Waals surface area contributed by atoms with Crippen molar-refractivity contribution in [3.05, 3.63) is 53.5 Å². The quantitative estimate of drug-likeness (QED) is 0.333. The predicted molar refractivity (Wildman–Crippen MR) is 153 cm³/mol. The van der Waals surface area contributed by atoms with Gasteiger partial charge in [-0.2, -0.15) is 0 Å². The van der Waals surface area contributed by atoms with Crippen molar-refractivity contribution in [2.45, 2.75) is 77.4 Å². The molecule has 0 radical (unpaired) electrons. The van der Waals surface area contributed by atoms with Crippen molar-refractivity contribution in [3.63, 3.8) is 0 Å². The molecule has 2 aliphatic rings.